The molecule has 6 N–H and O–H groups in total. The van der Waals surface area contributed by atoms with E-state index in [0.29, 0.717) is 36.5 Å². The number of aliphatic hydroxyl groups is 1. The number of carbonyl (C=O) groups is 4. The molecule has 0 spiro atoms. The number of carbonyl (C=O) groups excluding carboxylic acids is 4. The van der Waals surface area contributed by atoms with Crippen molar-refractivity contribution in [3.8, 4) is 27.3 Å². The van der Waals surface area contributed by atoms with Gasteiger partial charge < -0.3 is 41.3 Å². The van der Waals surface area contributed by atoms with Crippen LogP contribution in [0.15, 0.2) is 90.6 Å². The topological polar surface area (TPSA) is 192 Å². The minimum Gasteiger partial charge on any atom is -0.491 e. The predicted octanol–water partition coefficient (Wildman–Crippen LogP) is 9.55. The van der Waals surface area contributed by atoms with Crippen molar-refractivity contribution in [1.82, 2.24) is 30.4 Å². The molecule has 2 saturated heterocycles. The van der Waals surface area contributed by atoms with Crippen LogP contribution in [0.5, 0.6) is 5.75 Å². The zero-order valence-electron chi connectivity index (χ0n) is 43.2. The molecule has 2 aliphatic heterocycles. The molecule has 4 amide bonds. The number of alkyl halides is 3. The molecular formula is C56H69F3N8O6S. The summed E-state index contributed by atoms with van der Waals surface area (Å²) in [6.07, 6.45) is -2.05. The van der Waals surface area contributed by atoms with Crippen molar-refractivity contribution < 1.29 is 42.2 Å². The Morgan fingerprint density at radius 3 is 2.19 bits per heavy atom. The monoisotopic (exact) mass is 1040 g/mol. The zero-order valence-corrected chi connectivity index (χ0v) is 44.0. The number of amides is 4. The number of benzene rings is 3. The minimum absolute atomic E-state index is 0.0256. The Hall–Kier alpha value is -6.37. The summed E-state index contributed by atoms with van der Waals surface area (Å²) >= 11 is 1.56. The molecule has 4 heterocycles. The number of β-amino-alcohol motifs (C(OH)–C–C–N with tert-alkyl or cyclic N) is 1. The van der Waals surface area contributed by atoms with E-state index in [4.69, 9.17) is 10.5 Å². The van der Waals surface area contributed by atoms with Crippen LogP contribution in [-0.4, -0.2) is 99.0 Å². The number of pyridine rings is 1. The number of hydrogen-bond donors (Lipinski definition) is 5. The second-order valence-electron chi connectivity index (χ2n) is 21.1. The van der Waals surface area contributed by atoms with Gasteiger partial charge in [0.05, 0.1) is 33.8 Å². The van der Waals surface area contributed by atoms with Gasteiger partial charge in [-0.25, -0.2) is 9.97 Å². The van der Waals surface area contributed by atoms with E-state index in [1.165, 1.54) is 17.2 Å². The molecule has 2 fully saturated rings. The molecule has 396 valence electrons. The quantitative estimate of drug-likeness (QED) is 0.0565. The Kier molecular flexibility index (Phi) is 17.9. The van der Waals surface area contributed by atoms with Gasteiger partial charge in [-0.3, -0.25) is 19.2 Å². The zero-order chi connectivity index (χ0) is 53.5. The van der Waals surface area contributed by atoms with Gasteiger partial charge in [0, 0.05) is 56.8 Å². The molecule has 0 bridgehead atoms. The van der Waals surface area contributed by atoms with Crippen LogP contribution in [0.25, 0.3) is 21.6 Å². The van der Waals surface area contributed by atoms with Crippen molar-refractivity contribution in [2.45, 2.75) is 129 Å². The number of nitrogens with one attached hydrogen (secondary N) is 3. The molecule has 2 aromatic heterocycles. The normalized spacial score (nSPS) is 17.7. The van der Waals surface area contributed by atoms with Crippen LogP contribution in [0.1, 0.15) is 114 Å². The number of thiazole rings is 1. The van der Waals surface area contributed by atoms with E-state index in [1.807, 2.05) is 97.0 Å². The number of aliphatic hydroxyl groups excluding tert-OH is 1. The summed E-state index contributed by atoms with van der Waals surface area (Å²) in [7, 11) is 0. The number of anilines is 2. The largest absolute Gasteiger partial charge is 0.491 e. The highest BCUT2D eigenvalue weighted by molar-refractivity contribution is 7.13. The summed E-state index contributed by atoms with van der Waals surface area (Å²) in [5.74, 6) is -0.821. The maximum Gasteiger partial charge on any atom is 0.419 e. The van der Waals surface area contributed by atoms with Gasteiger partial charge in [0.2, 0.25) is 23.6 Å². The van der Waals surface area contributed by atoms with E-state index < -0.39 is 53.1 Å². The SMILES string of the molecule is Cc1ncsc1-c1ccc([C@H](C)NC(=O)[C@@H]2C[C@@H](O)CN2C(=O)[C@@H](NC(=O)CCC(=O)N2CCC(c3ccc(Nc4cc(-c5ccc(OC[C@@H](N)CC(C)C)c(C(F)(F)F)c5)ccn4)cc3)CC2)C(C)(C)C)cc1. The number of ether oxygens (including phenoxy) is 1. The van der Waals surface area contributed by atoms with E-state index in [0.717, 1.165) is 51.9 Å². The first-order valence-electron chi connectivity index (χ1n) is 25.3. The molecule has 7 rings (SSSR count). The van der Waals surface area contributed by atoms with Gasteiger partial charge in [-0.05, 0) is 115 Å². The van der Waals surface area contributed by atoms with E-state index >= 15 is 0 Å². The minimum atomic E-state index is -4.64. The van der Waals surface area contributed by atoms with Gasteiger partial charge in [0.25, 0.3) is 0 Å². The van der Waals surface area contributed by atoms with Crippen LogP contribution >= 0.6 is 11.3 Å². The van der Waals surface area contributed by atoms with Crippen LogP contribution in [-0.2, 0) is 25.4 Å². The number of hydrogen-bond acceptors (Lipinski definition) is 11. The maximum absolute atomic E-state index is 14.2. The molecule has 0 aliphatic carbocycles. The number of nitrogens with zero attached hydrogens (tertiary/aromatic N) is 4. The van der Waals surface area contributed by atoms with Crippen LogP contribution in [0.3, 0.4) is 0 Å². The first kappa shape index (κ1) is 55.4. The highest BCUT2D eigenvalue weighted by Gasteiger charge is 2.45. The van der Waals surface area contributed by atoms with Gasteiger partial charge in [-0.15, -0.1) is 11.3 Å². The van der Waals surface area contributed by atoms with Crippen LogP contribution in [0.4, 0.5) is 24.7 Å². The average molecular weight is 1040 g/mol. The number of aromatic nitrogens is 2. The molecule has 2 aliphatic rings. The highest BCUT2D eigenvalue weighted by atomic mass is 32.1. The number of aryl methyl sites for hydroxylation is 1. The second-order valence-corrected chi connectivity index (χ2v) is 22.0. The number of likely N-dealkylation sites (tertiary alicyclic amines) is 2. The Labute approximate surface area is 435 Å². The Bertz CT molecular complexity index is 2740. The summed E-state index contributed by atoms with van der Waals surface area (Å²) in [5, 5.41) is 19.8. The van der Waals surface area contributed by atoms with Crippen molar-refractivity contribution in [2.75, 3.05) is 31.6 Å². The van der Waals surface area contributed by atoms with Gasteiger partial charge >= 0.3 is 6.18 Å². The Morgan fingerprint density at radius 2 is 1.55 bits per heavy atom. The smallest absolute Gasteiger partial charge is 0.419 e. The Morgan fingerprint density at radius 1 is 0.878 bits per heavy atom. The molecular weight excluding hydrogens is 970 g/mol. The van der Waals surface area contributed by atoms with Crippen molar-refractivity contribution in [2.24, 2.45) is 17.1 Å². The lowest BCUT2D eigenvalue weighted by Gasteiger charge is -2.35. The van der Waals surface area contributed by atoms with Crippen LogP contribution < -0.4 is 26.4 Å². The molecule has 3 aromatic carbocycles. The van der Waals surface area contributed by atoms with Gasteiger partial charge in [-0.2, -0.15) is 13.2 Å². The molecule has 5 aromatic rings. The summed E-state index contributed by atoms with van der Waals surface area (Å²) in [5.41, 5.74) is 11.8. The van der Waals surface area contributed by atoms with Crippen molar-refractivity contribution in [3.05, 3.63) is 113 Å². The third-order valence-corrected chi connectivity index (χ3v) is 14.7. The van der Waals surface area contributed by atoms with Gasteiger partial charge in [0.1, 0.15) is 30.3 Å². The average Bonchev–Trinajstić information content (AvgIpc) is 3.98. The number of rotatable bonds is 18. The number of halogens is 3. The van der Waals surface area contributed by atoms with Crippen molar-refractivity contribution >= 4 is 46.5 Å². The fourth-order valence-corrected chi connectivity index (χ4v) is 10.5. The third kappa shape index (κ3) is 14.3. The lowest BCUT2D eigenvalue weighted by molar-refractivity contribution is -0.144. The molecule has 14 nitrogen and oxygen atoms in total. The molecule has 74 heavy (non-hydrogen) atoms. The van der Waals surface area contributed by atoms with E-state index in [1.54, 1.807) is 39.9 Å². The molecule has 5 atom stereocenters. The van der Waals surface area contributed by atoms with Gasteiger partial charge in [-0.1, -0.05) is 77.1 Å². The lowest BCUT2D eigenvalue weighted by Crippen LogP contribution is -2.57. The second kappa shape index (κ2) is 23.9. The van der Waals surface area contributed by atoms with E-state index in [2.05, 4.69) is 25.9 Å². The summed E-state index contributed by atoms with van der Waals surface area (Å²) in [6.45, 7) is 14.2. The fourth-order valence-electron chi connectivity index (χ4n) is 9.68. The third-order valence-electron chi connectivity index (χ3n) is 13.7. The predicted molar refractivity (Wildman–Crippen MR) is 281 cm³/mol. The summed E-state index contributed by atoms with van der Waals surface area (Å²) < 4.78 is 48.1. The molecule has 0 saturated carbocycles. The first-order chi connectivity index (χ1) is 35.0. The molecule has 18 heteroatoms. The van der Waals surface area contributed by atoms with Crippen LogP contribution in [0, 0.1) is 18.3 Å². The lowest BCUT2D eigenvalue weighted by atomic mass is 9.85. The van der Waals surface area contributed by atoms with Crippen molar-refractivity contribution in [1.29, 1.82) is 0 Å². The number of nitrogens with two attached hydrogens (primary N) is 1. The molecule has 0 radical (unpaired) electrons. The van der Waals surface area contributed by atoms with E-state index in [9.17, 15) is 37.5 Å². The summed E-state index contributed by atoms with van der Waals surface area (Å²) in [4.78, 5) is 67.7. The fraction of sp³-hybridized carbons (Fsp3) is 0.464. The van der Waals surface area contributed by atoms with Crippen molar-refractivity contribution in [3.63, 3.8) is 0 Å². The van der Waals surface area contributed by atoms with E-state index in [-0.39, 0.29) is 68.0 Å². The Balaban J connectivity index is 0.877. The van der Waals surface area contributed by atoms with Crippen LogP contribution in [0.2, 0.25) is 0 Å². The molecule has 0 unspecified atom stereocenters. The maximum atomic E-state index is 14.2. The number of piperidine rings is 1. The highest BCUT2D eigenvalue weighted by Crippen LogP contribution is 2.40. The standard InChI is InChI=1S/C56H69F3N8O6S/c1-33(2)26-42(60)31-73-47-17-14-40(27-45(47)56(57,58)59)41-20-23-61-48(28-41)64-43-15-12-37(13-16-43)38-21-24-66(25-22-38)50(70)19-18-49(69)65-52(55(5,6)7)54(72)67-30-44(68)29-46(67)53(71)63-34(3)36-8-10-39(11-9-36)51-35(4)62-32-74-51/h8-17,20,23,27-28,32-34,38,42,44,46,52,68H,18-19,21-22,24-26,29-31,60H2,1-7H3,(H,61,64)(H,63,71)(H,65,69)/t34-,42-,44+,46-,52+/m0/s1. The first-order valence-corrected chi connectivity index (χ1v) is 26.2. The van der Waals surface area contributed by atoms with Gasteiger partial charge in [0.15, 0.2) is 0 Å². The summed E-state index contributed by atoms with van der Waals surface area (Å²) in [6, 6.07) is 20.3.